The minimum absolute atomic E-state index is 0.703. The second-order valence-corrected chi connectivity index (χ2v) is 10.9. The smallest absolute Gasteiger partial charge is 0.160 e. The van der Waals surface area contributed by atoms with Crippen molar-refractivity contribution in [3.63, 3.8) is 0 Å². The lowest BCUT2D eigenvalue weighted by molar-refractivity contribution is 1.18. The molecule has 0 unspecified atom stereocenters. The highest BCUT2D eigenvalue weighted by Crippen LogP contribution is 2.40. The highest BCUT2D eigenvalue weighted by atomic mass is 15.0. The Hall–Kier alpha value is -5.87. The van der Waals surface area contributed by atoms with E-state index in [-0.39, 0.29) is 0 Å². The Kier molecular flexibility index (Phi) is 5.16. The molecule has 0 saturated heterocycles. The van der Waals surface area contributed by atoms with E-state index >= 15 is 0 Å². The fourth-order valence-corrected chi connectivity index (χ4v) is 6.39. The summed E-state index contributed by atoms with van der Waals surface area (Å²) in [6, 6.07) is 48.6. The van der Waals surface area contributed by atoms with Gasteiger partial charge in [-0.25, -0.2) is 15.0 Å². The largest absolute Gasteiger partial charge is 0.299 e. The zero-order valence-corrected chi connectivity index (χ0v) is 23.1. The van der Waals surface area contributed by atoms with Crippen LogP contribution in [-0.4, -0.2) is 19.4 Å². The molecule has 0 fully saturated rings. The van der Waals surface area contributed by atoms with Crippen molar-refractivity contribution in [2.24, 2.45) is 0 Å². The molecule has 0 aliphatic carbocycles. The molecule has 4 nitrogen and oxygen atoms in total. The molecule has 0 saturated carbocycles. The van der Waals surface area contributed by atoms with Crippen LogP contribution >= 0.6 is 0 Å². The molecule has 0 aliphatic heterocycles. The van der Waals surface area contributed by atoms with Gasteiger partial charge in [0.1, 0.15) is 5.65 Å². The van der Waals surface area contributed by atoms with Crippen LogP contribution in [0.3, 0.4) is 0 Å². The molecule has 3 heterocycles. The van der Waals surface area contributed by atoms with E-state index in [1.807, 2.05) is 42.5 Å². The first kappa shape index (κ1) is 23.8. The molecule has 0 amide bonds. The monoisotopic (exact) mass is 548 g/mol. The molecule has 9 rings (SSSR count). The molecule has 0 bridgehead atoms. The molecule has 0 spiro atoms. The van der Waals surface area contributed by atoms with Crippen molar-refractivity contribution >= 4 is 49.0 Å². The number of benzene rings is 6. The van der Waals surface area contributed by atoms with E-state index in [9.17, 15) is 0 Å². The highest BCUT2D eigenvalue weighted by molar-refractivity contribution is 6.30. The Balaban J connectivity index is 1.39. The number of rotatable bonds is 3. The lowest BCUT2D eigenvalue weighted by Gasteiger charge is -2.13. The van der Waals surface area contributed by atoms with E-state index in [2.05, 4.69) is 108 Å². The summed E-state index contributed by atoms with van der Waals surface area (Å²) in [6.07, 6.45) is 2.10. The van der Waals surface area contributed by atoms with Gasteiger partial charge in [0.25, 0.3) is 0 Å². The second kappa shape index (κ2) is 9.33. The minimum atomic E-state index is 0.703. The quantitative estimate of drug-likeness (QED) is 0.206. The van der Waals surface area contributed by atoms with Crippen LogP contribution in [0.15, 0.2) is 146 Å². The first-order valence-electron chi connectivity index (χ1n) is 14.5. The number of nitrogens with zero attached hydrogens (tertiary/aromatic N) is 4. The number of hydrogen-bond donors (Lipinski definition) is 0. The van der Waals surface area contributed by atoms with Gasteiger partial charge in [-0.15, -0.1) is 0 Å². The van der Waals surface area contributed by atoms with Crippen molar-refractivity contribution in [2.75, 3.05) is 0 Å². The molecule has 9 aromatic rings. The van der Waals surface area contributed by atoms with E-state index in [1.165, 1.54) is 16.2 Å². The summed E-state index contributed by atoms with van der Waals surface area (Å²) in [5.41, 5.74) is 7.97. The number of aromatic nitrogens is 4. The van der Waals surface area contributed by atoms with Crippen molar-refractivity contribution in [1.82, 2.24) is 19.4 Å². The van der Waals surface area contributed by atoms with Gasteiger partial charge in [-0.3, -0.25) is 4.40 Å². The second-order valence-electron chi connectivity index (χ2n) is 10.9. The SMILES string of the molecule is c1ccc(-c2cc(-c3ccccc3)nc(-c3ccc4c(c3)c3c5ccccc5ccc3c3nc5ccccn5c43)n2)cc1. The van der Waals surface area contributed by atoms with Crippen molar-refractivity contribution in [3.8, 4) is 33.9 Å². The molecule has 0 atom stereocenters. The predicted octanol–water partition coefficient (Wildman–Crippen LogP) is 9.74. The third-order valence-electron chi connectivity index (χ3n) is 8.38. The average molecular weight is 549 g/mol. The molecular formula is C39H24N4. The van der Waals surface area contributed by atoms with Crippen molar-refractivity contribution in [3.05, 3.63) is 146 Å². The Morgan fingerprint density at radius 1 is 0.442 bits per heavy atom. The van der Waals surface area contributed by atoms with Gasteiger partial charge < -0.3 is 0 Å². The summed E-state index contributed by atoms with van der Waals surface area (Å²) in [6.45, 7) is 0. The first-order valence-corrected chi connectivity index (χ1v) is 14.5. The molecule has 200 valence electrons. The van der Waals surface area contributed by atoms with Gasteiger partial charge in [-0.2, -0.15) is 0 Å². The molecule has 6 aromatic carbocycles. The van der Waals surface area contributed by atoms with Crippen LogP contribution in [-0.2, 0) is 0 Å². The minimum Gasteiger partial charge on any atom is -0.299 e. The third kappa shape index (κ3) is 3.74. The number of fused-ring (bicyclic) bond motifs is 10. The van der Waals surface area contributed by atoms with Crippen molar-refractivity contribution in [1.29, 1.82) is 0 Å². The number of imidazole rings is 1. The summed E-state index contributed by atoms with van der Waals surface area (Å²) in [7, 11) is 0. The predicted molar refractivity (Wildman–Crippen MR) is 177 cm³/mol. The van der Waals surface area contributed by atoms with Crippen LogP contribution in [0.4, 0.5) is 0 Å². The van der Waals surface area contributed by atoms with E-state index < -0.39 is 0 Å². The molecule has 0 radical (unpaired) electrons. The zero-order valence-electron chi connectivity index (χ0n) is 23.1. The number of hydrogen-bond acceptors (Lipinski definition) is 3. The summed E-state index contributed by atoms with van der Waals surface area (Å²) < 4.78 is 2.20. The van der Waals surface area contributed by atoms with Gasteiger partial charge in [0, 0.05) is 33.7 Å². The molecule has 0 N–H and O–H groups in total. The van der Waals surface area contributed by atoms with Gasteiger partial charge in [0.2, 0.25) is 0 Å². The Bertz CT molecular complexity index is 2440. The van der Waals surface area contributed by atoms with E-state index in [4.69, 9.17) is 15.0 Å². The fraction of sp³-hybridized carbons (Fsp3) is 0. The lowest BCUT2D eigenvalue weighted by Crippen LogP contribution is -1.96. The van der Waals surface area contributed by atoms with Crippen LogP contribution in [0.2, 0.25) is 0 Å². The van der Waals surface area contributed by atoms with Crippen LogP contribution in [0.25, 0.3) is 82.9 Å². The third-order valence-corrected chi connectivity index (χ3v) is 8.38. The van der Waals surface area contributed by atoms with Crippen LogP contribution in [0.1, 0.15) is 0 Å². The summed E-state index contributed by atoms with van der Waals surface area (Å²) in [5.74, 6) is 0.703. The standard InChI is InChI=1S/C39H24N4/c1-3-12-26(13-4-1)33-24-34(27-14-5-2-6-15-27)41-39(40-33)28-19-20-30-32(23-28)36-29-16-8-7-11-25(29)18-21-31(36)37-38(30)43-22-10-9-17-35(43)42-37/h1-24H. The summed E-state index contributed by atoms with van der Waals surface area (Å²) >= 11 is 0. The molecular weight excluding hydrogens is 524 g/mol. The highest BCUT2D eigenvalue weighted by Gasteiger charge is 2.18. The van der Waals surface area contributed by atoms with Gasteiger partial charge in [-0.1, -0.05) is 115 Å². The first-order chi connectivity index (χ1) is 21.3. The molecule has 0 aliphatic rings. The summed E-state index contributed by atoms with van der Waals surface area (Å²) in [5, 5.41) is 7.09. The van der Waals surface area contributed by atoms with Crippen molar-refractivity contribution < 1.29 is 0 Å². The fourth-order valence-electron chi connectivity index (χ4n) is 6.39. The van der Waals surface area contributed by atoms with Gasteiger partial charge in [-0.05, 0) is 45.8 Å². The maximum atomic E-state index is 5.12. The average Bonchev–Trinajstić information content (AvgIpc) is 3.48. The lowest BCUT2D eigenvalue weighted by atomic mass is 9.93. The molecule has 43 heavy (non-hydrogen) atoms. The van der Waals surface area contributed by atoms with Gasteiger partial charge in [0.15, 0.2) is 5.82 Å². The molecule has 4 heteroatoms. The molecule has 3 aromatic heterocycles. The maximum Gasteiger partial charge on any atom is 0.160 e. The van der Waals surface area contributed by atoms with Crippen LogP contribution in [0, 0.1) is 0 Å². The van der Waals surface area contributed by atoms with Crippen LogP contribution < -0.4 is 0 Å². The Morgan fingerprint density at radius 2 is 1.12 bits per heavy atom. The summed E-state index contributed by atoms with van der Waals surface area (Å²) in [4.78, 5) is 15.4. The van der Waals surface area contributed by atoms with E-state index in [0.717, 1.165) is 60.9 Å². The maximum absolute atomic E-state index is 5.12. The van der Waals surface area contributed by atoms with Gasteiger partial charge in [0.05, 0.1) is 22.4 Å². The normalized spacial score (nSPS) is 11.7. The van der Waals surface area contributed by atoms with Crippen LogP contribution in [0.5, 0.6) is 0 Å². The Labute approximate surface area is 247 Å². The van der Waals surface area contributed by atoms with Crippen molar-refractivity contribution in [2.45, 2.75) is 0 Å². The van der Waals surface area contributed by atoms with E-state index in [0.29, 0.717) is 5.82 Å². The number of pyridine rings is 1. The topological polar surface area (TPSA) is 43.1 Å². The van der Waals surface area contributed by atoms with Gasteiger partial charge >= 0.3 is 0 Å². The van der Waals surface area contributed by atoms with E-state index in [1.54, 1.807) is 0 Å². The Morgan fingerprint density at radius 3 is 1.88 bits per heavy atom. The zero-order chi connectivity index (χ0) is 28.3.